The van der Waals surface area contributed by atoms with Crippen molar-refractivity contribution in [1.29, 1.82) is 0 Å². The van der Waals surface area contributed by atoms with Gasteiger partial charge in [-0.15, -0.1) is 11.6 Å². The molecule has 0 bridgehead atoms. The SMILES string of the molecule is ClCc1ccc(Cc2ccc(Cl)cc2)cc1. The lowest BCUT2D eigenvalue weighted by molar-refractivity contribution is 1.18. The molecule has 16 heavy (non-hydrogen) atoms. The summed E-state index contributed by atoms with van der Waals surface area (Å²) in [6, 6.07) is 16.3. The first-order chi connectivity index (χ1) is 7.78. The Hall–Kier alpha value is -0.980. The molecule has 0 aliphatic heterocycles. The molecule has 0 fully saturated rings. The first-order valence-corrected chi connectivity index (χ1v) is 6.07. The van der Waals surface area contributed by atoms with Gasteiger partial charge in [-0.05, 0) is 35.2 Å². The second kappa shape index (κ2) is 5.38. The summed E-state index contributed by atoms with van der Waals surface area (Å²) >= 11 is 11.6. The van der Waals surface area contributed by atoms with Crippen molar-refractivity contribution in [3.05, 3.63) is 70.2 Å². The van der Waals surface area contributed by atoms with E-state index in [9.17, 15) is 0 Å². The molecule has 0 amide bonds. The molecule has 2 aromatic carbocycles. The minimum absolute atomic E-state index is 0.571. The molecule has 2 aromatic rings. The van der Waals surface area contributed by atoms with E-state index in [0.29, 0.717) is 5.88 Å². The van der Waals surface area contributed by atoms with Gasteiger partial charge in [-0.2, -0.15) is 0 Å². The van der Waals surface area contributed by atoms with Gasteiger partial charge in [0.15, 0.2) is 0 Å². The predicted octanol–water partition coefficient (Wildman–Crippen LogP) is 4.67. The molecule has 2 heteroatoms. The molecule has 0 radical (unpaired) electrons. The molecule has 0 aliphatic carbocycles. The maximum Gasteiger partial charge on any atom is 0.0474 e. The highest BCUT2D eigenvalue weighted by Crippen LogP contribution is 2.14. The van der Waals surface area contributed by atoms with Gasteiger partial charge in [0.1, 0.15) is 0 Å². The van der Waals surface area contributed by atoms with Crippen molar-refractivity contribution in [3.63, 3.8) is 0 Å². The van der Waals surface area contributed by atoms with Crippen LogP contribution in [0.3, 0.4) is 0 Å². The lowest BCUT2D eigenvalue weighted by Crippen LogP contribution is -1.88. The molecule has 0 spiro atoms. The molecular formula is C14H12Cl2. The lowest BCUT2D eigenvalue weighted by Gasteiger charge is -2.03. The van der Waals surface area contributed by atoms with Crippen molar-refractivity contribution in [2.24, 2.45) is 0 Å². The molecule has 0 nitrogen and oxygen atoms in total. The first-order valence-electron chi connectivity index (χ1n) is 5.16. The Morgan fingerprint density at radius 2 is 1.12 bits per heavy atom. The molecule has 0 N–H and O–H groups in total. The van der Waals surface area contributed by atoms with Crippen LogP contribution in [-0.2, 0) is 12.3 Å². The minimum atomic E-state index is 0.571. The van der Waals surface area contributed by atoms with Gasteiger partial charge < -0.3 is 0 Å². The number of hydrogen-bond acceptors (Lipinski definition) is 0. The van der Waals surface area contributed by atoms with E-state index in [1.165, 1.54) is 11.1 Å². The van der Waals surface area contributed by atoms with Crippen LogP contribution in [0.25, 0.3) is 0 Å². The van der Waals surface area contributed by atoms with Crippen molar-refractivity contribution in [2.45, 2.75) is 12.3 Å². The quantitative estimate of drug-likeness (QED) is 0.695. The van der Waals surface area contributed by atoms with Crippen LogP contribution in [-0.4, -0.2) is 0 Å². The van der Waals surface area contributed by atoms with Crippen molar-refractivity contribution in [3.8, 4) is 0 Å². The topological polar surface area (TPSA) is 0 Å². The summed E-state index contributed by atoms with van der Waals surface area (Å²) in [6.45, 7) is 0. The van der Waals surface area contributed by atoms with Crippen LogP contribution in [0, 0.1) is 0 Å². The van der Waals surface area contributed by atoms with Crippen molar-refractivity contribution in [2.75, 3.05) is 0 Å². The Labute approximate surface area is 106 Å². The zero-order valence-electron chi connectivity index (χ0n) is 8.79. The molecule has 0 aliphatic rings. The van der Waals surface area contributed by atoms with Gasteiger partial charge in [0.05, 0.1) is 0 Å². The highest BCUT2D eigenvalue weighted by Gasteiger charge is 1.97. The van der Waals surface area contributed by atoms with Crippen LogP contribution >= 0.6 is 23.2 Å². The van der Waals surface area contributed by atoms with E-state index in [1.54, 1.807) is 0 Å². The van der Waals surface area contributed by atoms with E-state index in [0.717, 1.165) is 17.0 Å². The monoisotopic (exact) mass is 250 g/mol. The summed E-state index contributed by atoms with van der Waals surface area (Å²) in [7, 11) is 0. The van der Waals surface area contributed by atoms with E-state index in [2.05, 4.69) is 36.4 Å². The molecule has 0 saturated carbocycles. The zero-order valence-corrected chi connectivity index (χ0v) is 10.3. The van der Waals surface area contributed by atoms with Gasteiger partial charge in [-0.1, -0.05) is 48.0 Å². The Balaban J connectivity index is 2.11. The molecular weight excluding hydrogens is 239 g/mol. The molecule has 82 valence electrons. The number of alkyl halides is 1. The van der Waals surface area contributed by atoms with E-state index in [4.69, 9.17) is 23.2 Å². The second-order valence-electron chi connectivity index (χ2n) is 3.75. The van der Waals surface area contributed by atoms with E-state index in [-0.39, 0.29) is 0 Å². The van der Waals surface area contributed by atoms with E-state index >= 15 is 0 Å². The van der Waals surface area contributed by atoms with Crippen molar-refractivity contribution in [1.82, 2.24) is 0 Å². The summed E-state index contributed by atoms with van der Waals surface area (Å²) < 4.78 is 0. The van der Waals surface area contributed by atoms with Crippen LogP contribution in [0.2, 0.25) is 5.02 Å². The lowest BCUT2D eigenvalue weighted by atomic mass is 10.0. The maximum absolute atomic E-state index is 5.84. The highest BCUT2D eigenvalue weighted by atomic mass is 35.5. The van der Waals surface area contributed by atoms with Gasteiger partial charge in [-0.3, -0.25) is 0 Å². The second-order valence-corrected chi connectivity index (χ2v) is 4.46. The van der Waals surface area contributed by atoms with Crippen molar-refractivity contribution < 1.29 is 0 Å². The molecule has 0 unspecified atom stereocenters. The molecule has 0 heterocycles. The molecule has 0 saturated heterocycles. The summed E-state index contributed by atoms with van der Waals surface area (Å²) in [6.07, 6.45) is 0.930. The third-order valence-electron chi connectivity index (χ3n) is 2.50. The number of benzene rings is 2. The van der Waals surface area contributed by atoms with Crippen LogP contribution in [0.5, 0.6) is 0 Å². The van der Waals surface area contributed by atoms with Crippen LogP contribution < -0.4 is 0 Å². The fraction of sp³-hybridized carbons (Fsp3) is 0.143. The van der Waals surface area contributed by atoms with Gasteiger partial charge in [0.25, 0.3) is 0 Å². The Morgan fingerprint density at radius 3 is 1.62 bits per heavy atom. The van der Waals surface area contributed by atoms with Gasteiger partial charge in [0.2, 0.25) is 0 Å². The zero-order chi connectivity index (χ0) is 11.4. The predicted molar refractivity (Wildman–Crippen MR) is 70.3 cm³/mol. The van der Waals surface area contributed by atoms with Gasteiger partial charge >= 0.3 is 0 Å². The smallest absolute Gasteiger partial charge is 0.0474 e. The molecule has 0 aromatic heterocycles. The fourth-order valence-electron chi connectivity index (χ4n) is 1.58. The normalized spacial score (nSPS) is 10.4. The highest BCUT2D eigenvalue weighted by molar-refractivity contribution is 6.30. The van der Waals surface area contributed by atoms with Crippen LogP contribution in [0.4, 0.5) is 0 Å². The Kier molecular flexibility index (Phi) is 3.87. The van der Waals surface area contributed by atoms with Gasteiger partial charge in [0, 0.05) is 10.9 Å². The molecule has 0 atom stereocenters. The third-order valence-corrected chi connectivity index (χ3v) is 3.06. The van der Waals surface area contributed by atoms with E-state index < -0.39 is 0 Å². The standard InChI is InChI=1S/C14H12Cl2/c15-10-13-3-1-11(2-4-13)9-12-5-7-14(16)8-6-12/h1-8H,9-10H2. The third kappa shape index (κ3) is 3.01. The van der Waals surface area contributed by atoms with Crippen LogP contribution in [0.15, 0.2) is 48.5 Å². The number of rotatable bonds is 3. The summed E-state index contributed by atoms with van der Waals surface area (Å²) in [5.41, 5.74) is 3.71. The number of halogens is 2. The number of hydrogen-bond donors (Lipinski definition) is 0. The van der Waals surface area contributed by atoms with Crippen molar-refractivity contribution >= 4 is 23.2 Å². The average molecular weight is 251 g/mol. The largest absolute Gasteiger partial charge is 0.122 e. The maximum atomic E-state index is 5.84. The van der Waals surface area contributed by atoms with Crippen LogP contribution in [0.1, 0.15) is 16.7 Å². The fourth-order valence-corrected chi connectivity index (χ4v) is 1.89. The average Bonchev–Trinajstić information content (AvgIpc) is 2.33. The summed E-state index contributed by atoms with van der Waals surface area (Å²) in [5, 5.41) is 0.779. The Bertz CT molecular complexity index is 443. The summed E-state index contributed by atoms with van der Waals surface area (Å²) in [5.74, 6) is 0.571. The summed E-state index contributed by atoms with van der Waals surface area (Å²) in [4.78, 5) is 0. The Morgan fingerprint density at radius 1 is 0.688 bits per heavy atom. The minimum Gasteiger partial charge on any atom is -0.122 e. The van der Waals surface area contributed by atoms with Gasteiger partial charge in [-0.25, -0.2) is 0 Å². The molecule has 2 rings (SSSR count). The van der Waals surface area contributed by atoms with E-state index in [1.807, 2.05) is 12.1 Å². The first kappa shape index (κ1) is 11.5.